The van der Waals surface area contributed by atoms with Gasteiger partial charge in [0.05, 0.1) is 6.54 Å². The fraction of sp³-hybridized carbons (Fsp3) is 0.375. The van der Waals surface area contributed by atoms with Gasteiger partial charge < -0.3 is 0 Å². The zero-order valence-electron chi connectivity index (χ0n) is 18.4. The molecule has 1 aliphatic heterocycles. The maximum absolute atomic E-state index is 13.6. The van der Waals surface area contributed by atoms with E-state index in [-0.39, 0.29) is 43.9 Å². The number of ketones is 1. The molecule has 0 radical (unpaired) electrons. The van der Waals surface area contributed by atoms with Gasteiger partial charge in [-0.25, -0.2) is 18.7 Å². The summed E-state index contributed by atoms with van der Waals surface area (Å²) in [6, 6.07) is 10.8. The first-order valence-corrected chi connectivity index (χ1v) is 10.9. The van der Waals surface area contributed by atoms with Crippen molar-refractivity contribution in [3.8, 4) is 5.69 Å². The van der Waals surface area contributed by atoms with Crippen molar-refractivity contribution in [3.63, 3.8) is 0 Å². The van der Waals surface area contributed by atoms with Gasteiger partial charge in [0.15, 0.2) is 11.4 Å². The van der Waals surface area contributed by atoms with Crippen molar-refractivity contribution in [2.24, 2.45) is 4.99 Å². The average Bonchev–Trinajstić information content (AvgIpc) is 3.24. The van der Waals surface area contributed by atoms with Crippen LogP contribution in [0.3, 0.4) is 0 Å². The number of rotatable bonds is 4. The maximum atomic E-state index is 13.6. The Morgan fingerprint density at radius 2 is 1.76 bits per heavy atom. The minimum atomic E-state index is -2.76. The maximum Gasteiger partial charge on any atom is 0.256 e. The van der Waals surface area contributed by atoms with Gasteiger partial charge in [-0.3, -0.25) is 24.0 Å². The lowest BCUT2D eigenvalue weighted by atomic mass is 9.80. The number of halogens is 2. The molecule has 2 aliphatic rings. The first kappa shape index (κ1) is 21.4. The number of pyridine rings is 1. The van der Waals surface area contributed by atoms with Crippen LogP contribution in [0, 0.1) is 6.92 Å². The van der Waals surface area contributed by atoms with E-state index in [9.17, 15) is 18.4 Å². The number of alkyl halides is 2. The van der Waals surface area contributed by atoms with Crippen molar-refractivity contribution in [1.82, 2.24) is 19.4 Å². The Kier molecular flexibility index (Phi) is 4.88. The monoisotopic (exact) mass is 451 g/mol. The van der Waals surface area contributed by atoms with Crippen molar-refractivity contribution in [3.05, 3.63) is 54.0 Å². The van der Waals surface area contributed by atoms with Crippen LogP contribution in [0.25, 0.3) is 16.9 Å². The number of Topliss-reactive ketones (excluding diaryl/α,β-unsaturated/α-hetero) is 1. The topological polar surface area (TPSA) is 80.5 Å². The molecule has 1 fully saturated rings. The van der Waals surface area contributed by atoms with Crippen molar-refractivity contribution in [2.45, 2.75) is 51.0 Å². The van der Waals surface area contributed by atoms with E-state index in [4.69, 9.17) is 0 Å². The lowest BCUT2D eigenvalue weighted by Crippen LogP contribution is -2.47. The van der Waals surface area contributed by atoms with Crippen LogP contribution in [0.1, 0.15) is 48.8 Å². The summed E-state index contributed by atoms with van der Waals surface area (Å²) in [4.78, 5) is 40.7. The molecule has 1 amide bonds. The van der Waals surface area contributed by atoms with Gasteiger partial charge in [0, 0.05) is 30.3 Å². The Hall–Kier alpha value is -3.49. The quantitative estimate of drug-likeness (QED) is 0.559. The summed E-state index contributed by atoms with van der Waals surface area (Å²) in [5, 5.41) is 0. The Morgan fingerprint density at radius 3 is 2.45 bits per heavy atom. The van der Waals surface area contributed by atoms with E-state index >= 15 is 0 Å². The van der Waals surface area contributed by atoms with E-state index in [0.29, 0.717) is 11.4 Å². The molecule has 1 saturated carbocycles. The third-order valence-corrected chi connectivity index (χ3v) is 6.55. The van der Waals surface area contributed by atoms with Crippen LogP contribution in [0.4, 0.5) is 8.78 Å². The molecule has 170 valence electrons. The normalized spacial score (nSPS) is 19.3. The number of amidine groups is 1. The smallest absolute Gasteiger partial charge is 0.256 e. The summed E-state index contributed by atoms with van der Waals surface area (Å²) in [5.74, 6) is -2.17. The highest BCUT2D eigenvalue weighted by Gasteiger charge is 2.53. The highest BCUT2D eigenvalue weighted by atomic mass is 19.3. The number of hydrogen-bond acceptors (Lipinski definition) is 5. The second kappa shape index (κ2) is 7.54. The molecule has 33 heavy (non-hydrogen) atoms. The van der Waals surface area contributed by atoms with Crippen molar-refractivity contribution >= 4 is 28.7 Å². The largest absolute Gasteiger partial charge is 0.292 e. The predicted molar refractivity (Wildman–Crippen MR) is 119 cm³/mol. The predicted octanol–water partition coefficient (Wildman–Crippen LogP) is 4.12. The van der Waals surface area contributed by atoms with E-state index in [0.717, 1.165) is 22.7 Å². The number of aromatic nitrogens is 3. The molecule has 7 nitrogen and oxygen atoms in total. The van der Waals surface area contributed by atoms with E-state index < -0.39 is 11.5 Å². The number of aryl methyl sites for hydroxylation is 1. The third-order valence-electron chi connectivity index (χ3n) is 6.55. The summed E-state index contributed by atoms with van der Waals surface area (Å²) >= 11 is 0. The molecule has 2 aromatic heterocycles. The highest BCUT2D eigenvalue weighted by molar-refractivity contribution is 6.11. The van der Waals surface area contributed by atoms with Gasteiger partial charge in [0.25, 0.3) is 5.91 Å². The number of aliphatic imine (C=N–C) groups is 1. The van der Waals surface area contributed by atoms with Gasteiger partial charge in [-0.2, -0.15) is 0 Å². The Balaban J connectivity index is 1.33. The van der Waals surface area contributed by atoms with Crippen molar-refractivity contribution in [1.29, 1.82) is 0 Å². The molecule has 1 aliphatic carbocycles. The lowest BCUT2D eigenvalue weighted by molar-refractivity contribution is -0.135. The van der Waals surface area contributed by atoms with Gasteiger partial charge in [-0.05, 0) is 63.1 Å². The van der Waals surface area contributed by atoms with Crippen LogP contribution < -0.4 is 0 Å². The number of fused-ring (bicyclic) bond motifs is 1. The Bertz CT molecular complexity index is 1290. The Labute approximate surface area is 189 Å². The number of imidazole rings is 1. The Morgan fingerprint density at radius 1 is 1.06 bits per heavy atom. The van der Waals surface area contributed by atoms with E-state index in [2.05, 4.69) is 15.0 Å². The summed E-state index contributed by atoms with van der Waals surface area (Å²) in [7, 11) is 0. The van der Waals surface area contributed by atoms with Crippen LogP contribution in [0.2, 0.25) is 0 Å². The fourth-order valence-electron chi connectivity index (χ4n) is 4.72. The van der Waals surface area contributed by atoms with Gasteiger partial charge in [-0.15, -0.1) is 0 Å². The molecular formula is C24H23F2N5O2. The lowest BCUT2D eigenvalue weighted by Gasteiger charge is -2.33. The van der Waals surface area contributed by atoms with Crippen LogP contribution >= 0.6 is 0 Å². The molecule has 3 heterocycles. The van der Waals surface area contributed by atoms with Crippen LogP contribution in [-0.4, -0.2) is 55.0 Å². The zero-order valence-corrected chi connectivity index (χ0v) is 18.4. The second-order valence-electron chi connectivity index (χ2n) is 8.75. The molecule has 9 heteroatoms. The molecule has 0 unspecified atom stereocenters. The summed E-state index contributed by atoms with van der Waals surface area (Å²) in [5.41, 5.74) is 1.63. The van der Waals surface area contributed by atoms with Crippen molar-refractivity contribution < 1.29 is 18.4 Å². The van der Waals surface area contributed by atoms with Gasteiger partial charge in [0.1, 0.15) is 22.7 Å². The minimum absolute atomic E-state index is 0.00180. The number of benzene rings is 1. The molecule has 0 N–H and O–H groups in total. The SMILES string of the molecule is CC1=NC2(CCC(F)(F)CC2)C(=O)N1CC(=O)c1ccc(-n2c(C)nc3cccnc32)cc1. The van der Waals surface area contributed by atoms with Gasteiger partial charge in [-0.1, -0.05) is 0 Å². The number of nitrogens with zero attached hydrogens (tertiary/aromatic N) is 5. The van der Waals surface area contributed by atoms with Crippen molar-refractivity contribution in [2.75, 3.05) is 6.54 Å². The third kappa shape index (κ3) is 3.61. The zero-order chi connectivity index (χ0) is 23.4. The number of carbonyl (C=O) groups excluding carboxylic acids is 2. The molecule has 3 aromatic rings. The first-order chi connectivity index (χ1) is 15.7. The molecule has 0 atom stereocenters. The van der Waals surface area contributed by atoms with Gasteiger partial charge in [0.2, 0.25) is 5.92 Å². The van der Waals surface area contributed by atoms with E-state index in [1.54, 1.807) is 25.3 Å². The number of hydrogen-bond donors (Lipinski definition) is 0. The standard InChI is InChI=1S/C24H23F2N5O2/c1-15-28-19-4-3-13-27-21(19)31(15)18-7-5-17(6-8-18)20(32)14-30-16(2)29-23(22(30)33)9-11-24(25,26)12-10-23/h3-8,13H,9-12,14H2,1-2H3. The van der Waals surface area contributed by atoms with Crippen LogP contribution in [0.5, 0.6) is 0 Å². The van der Waals surface area contributed by atoms with E-state index in [1.165, 1.54) is 4.90 Å². The summed E-state index contributed by atoms with van der Waals surface area (Å²) in [6.45, 7) is 3.37. The average molecular weight is 451 g/mol. The molecule has 1 spiro atoms. The minimum Gasteiger partial charge on any atom is -0.292 e. The van der Waals surface area contributed by atoms with Gasteiger partial charge >= 0.3 is 0 Å². The highest BCUT2D eigenvalue weighted by Crippen LogP contribution is 2.43. The second-order valence-corrected chi connectivity index (χ2v) is 8.75. The number of amides is 1. The molecule has 1 aromatic carbocycles. The first-order valence-electron chi connectivity index (χ1n) is 10.9. The molecule has 0 bridgehead atoms. The molecular weight excluding hydrogens is 428 g/mol. The van der Waals surface area contributed by atoms with Crippen LogP contribution in [0.15, 0.2) is 47.6 Å². The summed E-state index contributed by atoms with van der Waals surface area (Å²) < 4.78 is 29.1. The molecule has 0 saturated heterocycles. The molecule has 5 rings (SSSR count). The summed E-state index contributed by atoms with van der Waals surface area (Å²) in [6.07, 6.45) is 0.977. The number of carbonyl (C=O) groups is 2. The van der Waals surface area contributed by atoms with Crippen LogP contribution in [-0.2, 0) is 4.79 Å². The van der Waals surface area contributed by atoms with E-state index in [1.807, 2.05) is 35.8 Å². The fourth-order valence-corrected chi connectivity index (χ4v) is 4.72.